The second-order valence-electron chi connectivity index (χ2n) is 6.37. The van der Waals surface area contributed by atoms with Crippen molar-refractivity contribution in [2.45, 2.75) is 64.6 Å². The molecule has 1 aromatic rings. The molecule has 1 N–H and O–H groups in total. The first kappa shape index (κ1) is 15.5. The van der Waals surface area contributed by atoms with Crippen LogP contribution in [0.15, 0.2) is 24.3 Å². The Morgan fingerprint density at radius 2 is 1.85 bits per heavy atom. The summed E-state index contributed by atoms with van der Waals surface area (Å²) in [5.74, 6) is 0. The van der Waals surface area contributed by atoms with Crippen LogP contribution in [0.5, 0.6) is 0 Å². The molecule has 2 nitrogen and oxygen atoms in total. The van der Waals surface area contributed by atoms with E-state index in [0.717, 1.165) is 12.6 Å². The number of benzene rings is 1. The molecule has 1 saturated carbocycles. The predicted octanol–water partition coefficient (Wildman–Crippen LogP) is 3.77. The summed E-state index contributed by atoms with van der Waals surface area (Å²) in [6.07, 6.45) is 5.17. The van der Waals surface area contributed by atoms with Crippen molar-refractivity contribution in [1.82, 2.24) is 10.2 Å². The number of hydrogen-bond acceptors (Lipinski definition) is 2. The van der Waals surface area contributed by atoms with Gasteiger partial charge in [0.2, 0.25) is 0 Å². The Morgan fingerprint density at radius 3 is 2.40 bits per heavy atom. The molecule has 0 saturated heterocycles. The van der Waals surface area contributed by atoms with E-state index in [9.17, 15) is 0 Å². The maximum absolute atomic E-state index is 3.67. The summed E-state index contributed by atoms with van der Waals surface area (Å²) in [6.45, 7) is 7.88. The van der Waals surface area contributed by atoms with Gasteiger partial charge in [-0.1, -0.05) is 37.6 Å². The van der Waals surface area contributed by atoms with Crippen LogP contribution in [-0.2, 0) is 6.42 Å². The zero-order chi connectivity index (χ0) is 14.5. The van der Waals surface area contributed by atoms with Crippen molar-refractivity contribution in [3.63, 3.8) is 0 Å². The molecule has 2 heteroatoms. The summed E-state index contributed by atoms with van der Waals surface area (Å²) in [7, 11) is 2.26. The number of aryl methyl sites for hydroxylation is 1. The molecule has 0 bridgehead atoms. The van der Waals surface area contributed by atoms with Crippen molar-refractivity contribution in [3.05, 3.63) is 35.4 Å². The van der Waals surface area contributed by atoms with Gasteiger partial charge in [-0.15, -0.1) is 0 Å². The van der Waals surface area contributed by atoms with E-state index in [1.54, 1.807) is 0 Å². The van der Waals surface area contributed by atoms with E-state index in [-0.39, 0.29) is 0 Å². The number of nitrogens with zero attached hydrogens (tertiary/aromatic N) is 1. The van der Waals surface area contributed by atoms with Gasteiger partial charge in [0.1, 0.15) is 0 Å². The average molecular weight is 274 g/mol. The highest BCUT2D eigenvalue weighted by atomic mass is 15.2. The topological polar surface area (TPSA) is 15.3 Å². The fourth-order valence-electron chi connectivity index (χ4n) is 2.71. The molecule has 1 fully saturated rings. The van der Waals surface area contributed by atoms with E-state index in [2.05, 4.69) is 62.3 Å². The lowest BCUT2D eigenvalue weighted by molar-refractivity contribution is 0.237. The summed E-state index contributed by atoms with van der Waals surface area (Å²) < 4.78 is 0. The summed E-state index contributed by atoms with van der Waals surface area (Å²) in [5, 5.41) is 3.67. The second kappa shape index (κ2) is 7.24. The van der Waals surface area contributed by atoms with Crippen molar-refractivity contribution < 1.29 is 0 Å². The Bertz CT molecular complexity index is 394. The van der Waals surface area contributed by atoms with Crippen LogP contribution in [-0.4, -0.2) is 30.6 Å². The van der Waals surface area contributed by atoms with E-state index >= 15 is 0 Å². The van der Waals surface area contributed by atoms with Crippen LogP contribution in [0.4, 0.5) is 0 Å². The maximum atomic E-state index is 3.67. The molecule has 0 spiro atoms. The SMILES string of the molecule is CCCc1ccc(C(C)NCC(C)N(C)C2CC2)cc1. The van der Waals surface area contributed by atoms with Gasteiger partial charge in [0.05, 0.1) is 0 Å². The van der Waals surface area contributed by atoms with Crippen molar-refractivity contribution >= 4 is 0 Å². The third-order valence-corrected chi connectivity index (χ3v) is 4.56. The molecule has 0 radical (unpaired) electrons. The Hall–Kier alpha value is -0.860. The molecule has 112 valence electrons. The van der Waals surface area contributed by atoms with Gasteiger partial charge >= 0.3 is 0 Å². The molecular weight excluding hydrogens is 244 g/mol. The highest BCUT2D eigenvalue weighted by Crippen LogP contribution is 2.26. The van der Waals surface area contributed by atoms with Crippen LogP contribution in [0.3, 0.4) is 0 Å². The predicted molar refractivity (Wildman–Crippen MR) is 87.1 cm³/mol. The first-order valence-corrected chi connectivity index (χ1v) is 8.16. The molecule has 1 aliphatic rings. The monoisotopic (exact) mass is 274 g/mol. The van der Waals surface area contributed by atoms with E-state index in [4.69, 9.17) is 0 Å². The molecule has 2 unspecified atom stereocenters. The molecule has 0 heterocycles. The van der Waals surface area contributed by atoms with Crippen molar-refractivity contribution in [1.29, 1.82) is 0 Å². The third kappa shape index (κ3) is 4.32. The molecule has 0 amide bonds. The summed E-state index contributed by atoms with van der Waals surface area (Å²) >= 11 is 0. The third-order valence-electron chi connectivity index (χ3n) is 4.56. The number of hydrogen-bond donors (Lipinski definition) is 1. The first-order valence-electron chi connectivity index (χ1n) is 8.16. The Kier molecular flexibility index (Phi) is 5.62. The van der Waals surface area contributed by atoms with Gasteiger partial charge in [0, 0.05) is 24.7 Å². The van der Waals surface area contributed by atoms with Gasteiger partial charge in [0.25, 0.3) is 0 Å². The number of nitrogens with one attached hydrogen (secondary N) is 1. The smallest absolute Gasteiger partial charge is 0.0292 e. The highest BCUT2D eigenvalue weighted by Gasteiger charge is 2.28. The normalized spacial score (nSPS) is 18.2. The van der Waals surface area contributed by atoms with Gasteiger partial charge in [-0.25, -0.2) is 0 Å². The second-order valence-corrected chi connectivity index (χ2v) is 6.37. The van der Waals surface area contributed by atoms with Crippen molar-refractivity contribution in [3.8, 4) is 0 Å². The molecule has 0 aliphatic heterocycles. The quantitative estimate of drug-likeness (QED) is 0.776. The molecule has 2 rings (SSSR count). The fourth-order valence-corrected chi connectivity index (χ4v) is 2.71. The standard InChI is InChI=1S/C18H30N2/c1-5-6-16-7-9-17(10-8-16)15(3)19-13-14(2)20(4)18-11-12-18/h7-10,14-15,18-19H,5-6,11-13H2,1-4H3. The highest BCUT2D eigenvalue weighted by molar-refractivity contribution is 5.24. The molecule has 2 atom stereocenters. The summed E-state index contributed by atoms with van der Waals surface area (Å²) in [4.78, 5) is 2.52. The summed E-state index contributed by atoms with van der Waals surface area (Å²) in [6, 6.07) is 11.0. The first-order chi connectivity index (χ1) is 9.61. The van der Waals surface area contributed by atoms with Gasteiger partial charge in [0.15, 0.2) is 0 Å². The van der Waals surface area contributed by atoms with Crippen molar-refractivity contribution in [2.24, 2.45) is 0 Å². The molecule has 0 aromatic heterocycles. The van der Waals surface area contributed by atoms with Crippen LogP contribution in [0.25, 0.3) is 0 Å². The molecule has 1 aliphatic carbocycles. The van der Waals surface area contributed by atoms with Gasteiger partial charge in [-0.05, 0) is 51.3 Å². The van der Waals surface area contributed by atoms with E-state index in [1.807, 2.05) is 0 Å². The van der Waals surface area contributed by atoms with Crippen LogP contribution < -0.4 is 5.32 Å². The zero-order valence-electron chi connectivity index (χ0n) is 13.5. The van der Waals surface area contributed by atoms with Crippen LogP contribution >= 0.6 is 0 Å². The lowest BCUT2D eigenvalue weighted by Gasteiger charge is -2.26. The maximum Gasteiger partial charge on any atom is 0.0292 e. The van der Waals surface area contributed by atoms with Gasteiger partial charge in [-0.3, -0.25) is 4.90 Å². The zero-order valence-corrected chi connectivity index (χ0v) is 13.5. The minimum atomic E-state index is 0.431. The minimum Gasteiger partial charge on any atom is -0.309 e. The van der Waals surface area contributed by atoms with E-state index in [1.165, 1.54) is 36.8 Å². The van der Waals surface area contributed by atoms with Crippen LogP contribution in [0, 0.1) is 0 Å². The lowest BCUT2D eigenvalue weighted by atomic mass is 10.0. The van der Waals surface area contributed by atoms with Gasteiger partial charge in [-0.2, -0.15) is 0 Å². The average Bonchev–Trinajstić information content (AvgIpc) is 3.29. The number of likely N-dealkylation sites (N-methyl/N-ethyl adjacent to an activating group) is 1. The van der Waals surface area contributed by atoms with Crippen molar-refractivity contribution in [2.75, 3.05) is 13.6 Å². The Morgan fingerprint density at radius 1 is 1.20 bits per heavy atom. The summed E-state index contributed by atoms with van der Waals surface area (Å²) in [5.41, 5.74) is 2.84. The largest absolute Gasteiger partial charge is 0.309 e. The molecular formula is C18H30N2. The lowest BCUT2D eigenvalue weighted by Crippen LogP contribution is -2.39. The minimum absolute atomic E-state index is 0.431. The molecule has 1 aromatic carbocycles. The van der Waals surface area contributed by atoms with Crippen LogP contribution in [0.1, 0.15) is 57.2 Å². The van der Waals surface area contributed by atoms with Crippen LogP contribution in [0.2, 0.25) is 0 Å². The Labute approximate surface area is 124 Å². The van der Waals surface area contributed by atoms with Gasteiger partial charge < -0.3 is 5.32 Å². The number of rotatable bonds is 8. The molecule has 20 heavy (non-hydrogen) atoms. The van der Waals surface area contributed by atoms with E-state index < -0.39 is 0 Å². The Balaban J connectivity index is 1.79. The fraction of sp³-hybridized carbons (Fsp3) is 0.667. The van der Waals surface area contributed by atoms with E-state index in [0.29, 0.717) is 12.1 Å².